The smallest absolute Gasteiger partial charge is 0.229 e. The molecule has 150 valence electrons. The summed E-state index contributed by atoms with van der Waals surface area (Å²) in [6.45, 7) is 7.34. The maximum atomic E-state index is 12.9. The molecule has 2 aliphatic heterocycles. The summed E-state index contributed by atoms with van der Waals surface area (Å²) in [7, 11) is 0. The fraction of sp³-hybridized carbons (Fsp3) is 0.450. The molecule has 3 aromatic rings. The number of aryl methyl sites for hydroxylation is 1. The van der Waals surface area contributed by atoms with Crippen LogP contribution in [-0.2, 0) is 11.3 Å². The van der Waals surface area contributed by atoms with Gasteiger partial charge in [0.2, 0.25) is 5.91 Å². The van der Waals surface area contributed by atoms with Crippen LogP contribution in [0.25, 0.3) is 11.2 Å². The number of carbonyl (C=O) groups is 1. The molecule has 2 aliphatic rings. The Balaban J connectivity index is 1.20. The fourth-order valence-electron chi connectivity index (χ4n) is 4.11. The van der Waals surface area contributed by atoms with Crippen LogP contribution in [0.2, 0.25) is 0 Å². The van der Waals surface area contributed by atoms with Gasteiger partial charge in [0.05, 0.1) is 5.92 Å². The maximum Gasteiger partial charge on any atom is 0.229 e. The third-order valence-corrected chi connectivity index (χ3v) is 5.82. The average Bonchev–Trinajstić information content (AvgIpc) is 3.17. The van der Waals surface area contributed by atoms with E-state index in [9.17, 15) is 4.79 Å². The SMILES string of the molecule is CCn1nnc2c(N3CC(C(=O)N4CCN(c5ccccc5)CC4)C3)ncnc21. The molecule has 5 rings (SSSR count). The van der Waals surface area contributed by atoms with Crippen LogP contribution in [0.1, 0.15) is 6.92 Å². The molecule has 1 amide bonds. The first-order valence-electron chi connectivity index (χ1n) is 10.1. The summed E-state index contributed by atoms with van der Waals surface area (Å²) in [4.78, 5) is 28.1. The Hall–Kier alpha value is -3.23. The lowest BCUT2D eigenvalue weighted by Gasteiger charge is -2.43. The van der Waals surface area contributed by atoms with E-state index in [1.807, 2.05) is 17.9 Å². The first-order chi connectivity index (χ1) is 14.2. The lowest BCUT2D eigenvalue weighted by atomic mass is 9.98. The normalized spacial score (nSPS) is 17.6. The molecular formula is C20H24N8O. The zero-order valence-electron chi connectivity index (χ0n) is 16.5. The van der Waals surface area contributed by atoms with Gasteiger partial charge < -0.3 is 14.7 Å². The summed E-state index contributed by atoms with van der Waals surface area (Å²) in [5.74, 6) is 1.04. The van der Waals surface area contributed by atoms with Crippen LogP contribution < -0.4 is 9.80 Å². The molecule has 0 aliphatic carbocycles. The second kappa shape index (κ2) is 7.31. The summed E-state index contributed by atoms with van der Waals surface area (Å²) >= 11 is 0. The number of para-hydroxylation sites is 1. The molecular weight excluding hydrogens is 368 g/mol. The summed E-state index contributed by atoms with van der Waals surface area (Å²) < 4.78 is 1.76. The maximum absolute atomic E-state index is 12.9. The van der Waals surface area contributed by atoms with Crippen molar-refractivity contribution < 1.29 is 4.79 Å². The van der Waals surface area contributed by atoms with Crippen molar-refractivity contribution in [3.05, 3.63) is 36.7 Å². The van der Waals surface area contributed by atoms with Crippen molar-refractivity contribution in [2.24, 2.45) is 5.92 Å². The lowest BCUT2D eigenvalue weighted by molar-refractivity contribution is -0.136. The van der Waals surface area contributed by atoms with Crippen LogP contribution in [-0.4, -0.2) is 75.0 Å². The van der Waals surface area contributed by atoms with Crippen molar-refractivity contribution >= 4 is 28.6 Å². The number of hydrogen-bond acceptors (Lipinski definition) is 7. The van der Waals surface area contributed by atoms with Gasteiger partial charge in [-0.1, -0.05) is 23.4 Å². The zero-order valence-corrected chi connectivity index (χ0v) is 16.5. The highest BCUT2D eigenvalue weighted by Crippen LogP contribution is 2.29. The number of hydrogen-bond donors (Lipinski definition) is 0. The first kappa shape index (κ1) is 17.8. The molecule has 1 aromatic carbocycles. The first-order valence-corrected chi connectivity index (χ1v) is 10.1. The van der Waals surface area contributed by atoms with Crippen molar-refractivity contribution in [3.63, 3.8) is 0 Å². The Kier molecular flexibility index (Phi) is 4.49. The number of nitrogens with zero attached hydrogens (tertiary/aromatic N) is 8. The van der Waals surface area contributed by atoms with Crippen molar-refractivity contribution in [1.29, 1.82) is 0 Å². The van der Waals surface area contributed by atoms with Gasteiger partial charge in [0.25, 0.3) is 0 Å². The summed E-state index contributed by atoms with van der Waals surface area (Å²) in [6, 6.07) is 10.4. The summed E-state index contributed by atoms with van der Waals surface area (Å²) in [6.07, 6.45) is 1.55. The van der Waals surface area contributed by atoms with E-state index in [1.54, 1.807) is 11.0 Å². The number of fused-ring (bicyclic) bond motifs is 1. The fourth-order valence-corrected chi connectivity index (χ4v) is 4.11. The van der Waals surface area contributed by atoms with E-state index in [0.29, 0.717) is 25.2 Å². The standard InChI is InChI=1S/C20H24N8O/c1-2-28-19-17(23-24-28)18(21-14-22-19)27-12-15(13-27)20(29)26-10-8-25(9-11-26)16-6-4-3-5-7-16/h3-7,14-15H,2,8-13H2,1H3. The number of benzene rings is 1. The molecule has 2 saturated heterocycles. The Labute approximate surface area is 168 Å². The molecule has 4 heterocycles. The van der Waals surface area contributed by atoms with Gasteiger partial charge >= 0.3 is 0 Å². The Morgan fingerprint density at radius 1 is 1.03 bits per heavy atom. The van der Waals surface area contributed by atoms with E-state index >= 15 is 0 Å². The van der Waals surface area contributed by atoms with E-state index in [2.05, 4.69) is 54.3 Å². The second-order valence-electron chi connectivity index (χ2n) is 7.52. The van der Waals surface area contributed by atoms with Crippen LogP contribution in [0.3, 0.4) is 0 Å². The Morgan fingerprint density at radius 3 is 2.52 bits per heavy atom. The Bertz CT molecular complexity index is 1010. The molecule has 0 N–H and O–H groups in total. The van der Waals surface area contributed by atoms with Crippen molar-refractivity contribution in [2.75, 3.05) is 49.1 Å². The topological polar surface area (TPSA) is 83.3 Å². The highest BCUT2D eigenvalue weighted by atomic mass is 16.2. The molecule has 29 heavy (non-hydrogen) atoms. The van der Waals surface area contributed by atoms with Gasteiger partial charge in [-0.05, 0) is 19.1 Å². The monoisotopic (exact) mass is 392 g/mol. The van der Waals surface area contributed by atoms with Crippen molar-refractivity contribution in [2.45, 2.75) is 13.5 Å². The molecule has 2 aromatic heterocycles. The molecule has 0 saturated carbocycles. The third kappa shape index (κ3) is 3.16. The van der Waals surface area contributed by atoms with Gasteiger partial charge in [0.1, 0.15) is 6.33 Å². The van der Waals surface area contributed by atoms with Crippen LogP contribution in [0.15, 0.2) is 36.7 Å². The largest absolute Gasteiger partial charge is 0.368 e. The van der Waals surface area contributed by atoms with E-state index in [1.165, 1.54) is 5.69 Å². The minimum atomic E-state index is 0.0181. The predicted molar refractivity (Wildman–Crippen MR) is 110 cm³/mol. The molecule has 0 bridgehead atoms. The zero-order chi connectivity index (χ0) is 19.8. The molecule has 0 radical (unpaired) electrons. The van der Waals surface area contributed by atoms with Crippen LogP contribution in [0.5, 0.6) is 0 Å². The van der Waals surface area contributed by atoms with E-state index in [4.69, 9.17) is 0 Å². The molecule has 2 fully saturated rings. The minimum absolute atomic E-state index is 0.0181. The second-order valence-corrected chi connectivity index (χ2v) is 7.52. The average molecular weight is 392 g/mol. The van der Waals surface area contributed by atoms with Crippen LogP contribution in [0.4, 0.5) is 11.5 Å². The number of aromatic nitrogens is 5. The highest BCUT2D eigenvalue weighted by Gasteiger charge is 2.38. The Morgan fingerprint density at radius 2 is 1.79 bits per heavy atom. The number of rotatable bonds is 4. The molecule has 9 nitrogen and oxygen atoms in total. The lowest BCUT2D eigenvalue weighted by Crippen LogP contribution is -2.58. The highest BCUT2D eigenvalue weighted by molar-refractivity contribution is 5.86. The number of piperazine rings is 1. The van der Waals surface area contributed by atoms with Gasteiger partial charge in [-0.2, -0.15) is 0 Å². The molecule has 0 atom stereocenters. The minimum Gasteiger partial charge on any atom is -0.368 e. The predicted octanol–water partition coefficient (Wildman–Crippen LogP) is 1.03. The number of anilines is 2. The van der Waals surface area contributed by atoms with Gasteiger partial charge in [-0.3, -0.25) is 4.79 Å². The van der Waals surface area contributed by atoms with Crippen molar-refractivity contribution in [1.82, 2.24) is 29.9 Å². The molecule has 0 unspecified atom stereocenters. The van der Waals surface area contributed by atoms with E-state index in [-0.39, 0.29) is 11.8 Å². The summed E-state index contributed by atoms with van der Waals surface area (Å²) in [5, 5.41) is 8.37. The van der Waals surface area contributed by atoms with Gasteiger partial charge in [-0.25, -0.2) is 14.6 Å². The number of carbonyl (C=O) groups excluding carboxylic acids is 1. The van der Waals surface area contributed by atoms with Gasteiger partial charge in [-0.15, -0.1) is 5.10 Å². The van der Waals surface area contributed by atoms with Gasteiger partial charge in [0.15, 0.2) is 17.0 Å². The third-order valence-electron chi connectivity index (χ3n) is 5.82. The van der Waals surface area contributed by atoms with Crippen LogP contribution >= 0.6 is 0 Å². The van der Waals surface area contributed by atoms with Gasteiger partial charge in [0, 0.05) is 51.5 Å². The van der Waals surface area contributed by atoms with Crippen molar-refractivity contribution in [3.8, 4) is 0 Å². The quantitative estimate of drug-likeness (QED) is 0.656. The van der Waals surface area contributed by atoms with E-state index < -0.39 is 0 Å². The van der Waals surface area contributed by atoms with E-state index in [0.717, 1.165) is 37.6 Å². The molecule has 0 spiro atoms. The summed E-state index contributed by atoms with van der Waals surface area (Å²) in [5.41, 5.74) is 2.67. The van der Waals surface area contributed by atoms with Crippen LogP contribution in [0, 0.1) is 5.92 Å². The number of amides is 1. The molecule has 9 heteroatoms.